The van der Waals surface area contributed by atoms with E-state index in [1.54, 1.807) is 0 Å². The zero-order valence-corrected chi connectivity index (χ0v) is 13.3. The van der Waals surface area contributed by atoms with E-state index in [-0.39, 0.29) is 11.9 Å². The molecule has 0 spiro atoms. The van der Waals surface area contributed by atoms with Gasteiger partial charge in [-0.05, 0) is 82.1 Å². The van der Waals surface area contributed by atoms with Crippen molar-refractivity contribution in [1.29, 1.82) is 0 Å². The molecule has 4 bridgehead atoms. The van der Waals surface area contributed by atoms with Gasteiger partial charge in [0.1, 0.15) is 0 Å². The summed E-state index contributed by atoms with van der Waals surface area (Å²) in [6.07, 6.45) is 9.60. The lowest BCUT2D eigenvalue weighted by Gasteiger charge is -2.58. The summed E-state index contributed by atoms with van der Waals surface area (Å²) in [6.45, 7) is 4.61. The Labute approximate surface area is 128 Å². The van der Waals surface area contributed by atoms with Gasteiger partial charge >= 0.3 is 5.97 Å². The van der Waals surface area contributed by atoms with E-state index in [1.165, 1.54) is 45.1 Å². The second-order valence-electron chi connectivity index (χ2n) is 8.01. The lowest BCUT2D eigenvalue weighted by molar-refractivity contribution is -0.152. The van der Waals surface area contributed by atoms with Crippen LogP contribution in [0.1, 0.15) is 51.9 Å². The molecule has 0 radical (unpaired) electrons. The summed E-state index contributed by atoms with van der Waals surface area (Å²) in [7, 11) is 0. The van der Waals surface area contributed by atoms with E-state index in [2.05, 4.69) is 4.90 Å². The minimum Gasteiger partial charge on any atom is -0.466 e. The van der Waals surface area contributed by atoms with Gasteiger partial charge in [0.05, 0.1) is 12.5 Å². The number of esters is 1. The summed E-state index contributed by atoms with van der Waals surface area (Å²) < 4.78 is 5.27. The fourth-order valence-electron chi connectivity index (χ4n) is 6.22. The van der Waals surface area contributed by atoms with Crippen LogP contribution < -0.4 is 0 Å². The molecule has 1 unspecified atom stereocenters. The van der Waals surface area contributed by atoms with E-state index in [9.17, 15) is 4.79 Å². The van der Waals surface area contributed by atoms with Crippen LogP contribution in [-0.2, 0) is 9.53 Å². The predicted molar refractivity (Wildman–Crippen MR) is 81.8 cm³/mol. The Hall–Kier alpha value is -0.570. The molecule has 0 aromatic carbocycles. The highest BCUT2D eigenvalue weighted by molar-refractivity contribution is 5.72. The third kappa shape index (κ3) is 2.52. The van der Waals surface area contributed by atoms with Crippen molar-refractivity contribution in [1.82, 2.24) is 4.90 Å². The molecule has 0 aromatic heterocycles. The molecule has 3 nitrogen and oxygen atoms in total. The average molecular weight is 291 g/mol. The Balaban J connectivity index is 1.45. The van der Waals surface area contributed by atoms with Gasteiger partial charge in [0, 0.05) is 12.6 Å². The largest absolute Gasteiger partial charge is 0.466 e. The first kappa shape index (κ1) is 14.0. The van der Waals surface area contributed by atoms with Crippen molar-refractivity contribution in [2.75, 3.05) is 19.7 Å². The average Bonchev–Trinajstić information content (AvgIpc) is 2.47. The fourth-order valence-corrected chi connectivity index (χ4v) is 6.22. The summed E-state index contributed by atoms with van der Waals surface area (Å²) in [6, 6.07) is 0.787. The van der Waals surface area contributed by atoms with Crippen LogP contribution in [0, 0.1) is 29.6 Å². The first-order valence-corrected chi connectivity index (χ1v) is 9.15. The molecule has 5 fully saturated rings. The lowest BCUT2D eigenvalue weighted by atomic mass is 9.53. The van der Waals surface area contributed by atoms with Crippen LogP contribution in [0.2, 0.25) is 0 Å². The summed E-state index contributed by atoms with van der Waals surface area (Å²) in [5.41, 5.74) is 0. The SMILES string of the molecule is CCOC(=O)C1CCCN(C2C3CC4CC(C3)CC2C4)C1. The Morgan fingerprint density at radius 1 is 1.10 bits per heavy atom. The number of carbonyl (C=O) groups is 1. The number of carbonyl (C=O) groups excluding carboxylic acids is 1. The van der Waals surface area contributed by atoms with Gasteiger partial charge in [-0.2, -0.15) is 0 Å². The topological polar surface area (TPSA) is 29.5 Å². The molecule has 118 valence electrons. The second-order valence-corrected chi connectivity index (χ2v) is 8.01. The molecule has 1 heterocycles. The van der Waals surface area contributed by atoms with Gasteiger partial charge in [0.15, 0.2) is 0 Å². The van der Waals surface area contributed by atoms with Crippen LogP contribution in [0.5, 0.6) is 0 Å². The third-order valence-electron chi connectivity index (χ3n) is 6.67. The van der Waals surface area contributed by atoms with E-state index in [0.29, 0.717) is 6.61 Å². The van der Waals surface area contributed by atoms with Crippen molar-refractivity contribution in [3.63, 3.8) is 0 Å². The number of piperidine rings is 1. The van der Waals surface area contributed by atoms with Crippen molar-refractivity contribution in [2.24, 2.45) is 29.6 Å². The summed E-state index contributed by atoms with van der Waals surface area (Å²) in [5, 5.41) is 0. The van der Waals surface area contributed by atoms with Gasteiger partial charge < -0.3 is 4.74 Å². The molecule has 1 saturated heterocycles. The molecule has 5 rings (SSSR count). The zero-order chi connectivity index (χ0) is 14.4. The molecule has 5 aliphatic rings. The predicted octanol–water partition coefficient (Wildman–Crippen LogP) is 3.09. The van der Waals surface area contributed by atoms with Crippen LogP contribution >= 0.6 is 0 Å². The number of hydrogen-bond donors (Lipinski definition) is 0. The molecule has 4 aliphatic carbocycles. The van der Waals surface area contributed by atoms with Crippen LogP contribution in [0.15, 0.2) is 0 Å². The van der Waals surface area contributed by atoms with Gasteiger partial charge in [-0.1, -0.05) is 0 Å². The van der Waals surface area contributed by atoms with Gasteiger partial charge in [0.2, 0.25) is 0 Å². The van der Waals surface area contributed by atoms with Crippen molar-refractivity contribution >= 4 is 5.97 Å². The molecule has 0 amide bonds. The monoisotopic (exact) mass is 291 g/mol. The zero-order valence-electron chi connectivity index (χ0n) is 13.3. The highest BCUT2D eigenvalue weighted by Gasteiger charge is 2.50. The maximum atomic E-state index is 12.1. The van der Waals surface area contributed by atoms with E-state index >= 15 is 0 Å². The molecule has 0 aromatic rings. The minimum atomic E-state index is 0.0472. The number of rotatable bonds is 3. The van der Waals surface area contributed by atoms with Crippen LogP contribution in [0.25, 0.3) is 0 Å². The van der Waals surface area contributed by atoms with Crippen molar-refractivity contribution in [3.8, 4) is 0 Å². The molecule has 1 atom stereocenters. The first-order valence-electron chi connectivity index (χ1n) is 9.15. The molecule has 1 aliphatic heterocycles. The van der Waals surface area contributed by atoms with Crippen molar-refractivity contribution in [2.45, 2.75) is 57.9 Å². The highest BCUT2D eigenvalue weighted by atomic mass is 16.5. The quantitative estimate of drug-likeness (QED) is 0.748. The highest BCUT2D eigenvalue weighted by Crippen LogP contribution is 2.55. The Morgan fingerprint density at radius 2 is 1.76 bits per heavy atom. The molecular weight excluding hydrogens is 262 g/mol. The third-order valence-corrected chi connectivity index (χ3v) is 6.67. The van der Waals surface area contributed by atoms with Crippen LogP contribution in [0.4, 0.5) is 0 Å². The number of likely N-dealkylation sites (tertiary alicyclic amines) is 1. The van der Waals surface area contributed by atoms with Crippen molar-refractivity contribution in [3.05, 3.63) is 0 Å². The second kappa shape index (κ2) is 5.57. The van der Waals surface area contributed by atoms with Crippen LogP contribution in [-0.4, -0.2) is 36.6 Å². The van der Waals surface area contributed by atoms with Crippen molar-refractivity contribution < 1.29 is 9.53 Å². The van der Waals surface area contributed by atoms with Crippen LogP contribution in [0.3, 0.4) is 0 Å². The Bertz CT molecular complexity index is 380. The maximum Gasteiger partial charge on any atom is 0.310 e. The standard InChI is InChI=1S/C18H29NO2/c1-2-21-18(20)14-4-3-5-19(11-14)17-15-7-12-6-13(9-15)10-16(17)8-12/h12-17H,2-11H2,1H3. The molecular formula is C18H29NO2. The van der Waals surface area contributed by atoms with Gasteiger partial charge in [-0.3, -0.25) is 9.69 Å². The maximum absolute atomic E-state index is 12.1. The van der Waals surface area contributed by atoms with E-state index in [0.717, 1.165) is 42.7 Å². The molecule has 3 heteroatoms. The summed E-state index contributed by atoms with van der Waals surface area (Å²) in [5.74, 6) is 4.12. The van der Waals surface area contributed by atoms with E-state index in [4.69, 9.17) is 4.74 Å². The molecule has 4 saturated carbocycles. The number of ether oxygens (including phenoxy) is 1. The van der Waals surface area contributed by atoms with Gasteiger partial charge in [-0.25, -0.2) is 0 Å². The van der Waals surface area contributed by atoms with E-state index < -0.39 is 0 Å². The Morgan fingerprint density at radius 3 is 2.38 bits per heavy atom. The Kier molecular flexibility index (Phi) is 3.72. The molecule has 21 heavy (non-hydrogen) atoms. The summed E-state index contributed by atoms with van der Waals surface area (Å²) in [4.78, 5) is 14.8. The summed E-state index contributed by atoms with van der Waals surface area (Å²) >= 11 is 0. The smallest absolute Gasteiger partial charge is 0.310 e. The lowest BCUT2D eigenvalue weighted by Crippen LogP contribution is -2.58. The molecule has 0 N–H and O–H groups in total. The van der Waals surface area contributed by atoms with E-state index in [1.807, 2.05) is 6.92 Å². The normalized spacial score (nSPS) is 45.8. The van der Waals surface area contributed by atoms with Gasteiger partial charge in [0.25, 0.3) is 0 Å². The van der Waals surface area contributed by atoms with Gasteiger partial charge in [-0.15, -0.1) is 0 Å². The number of hydrogen-bond acceptors (Lipinski definition) is 3. The minimum absolute atomic E-state index is 0.0472. The number of nitrogens with zero attached hydrogens (tertiary/aromatic N) is 1. The fraction of sp³-hybridized carbons (Fsp3) is 0.944. The first-order chi connectivity index (χ1) is 10.2.